The van der Waals surface area contributed by atoms with Crippen molar-refractivity contribution in [1.29, 1.82) is 0 Å². The first-order chi connectivity index (χ1) is 29.0. The van der Waals surface area contributed by atoms with E-state index in [0.717, 1.165) is 67.5 Å². The molecule has 59 heavy (non-hydrogen) atoms. The van der Waals surface area contributed by atoms with Gasteiger partial charge in [-0.15, -0.1) is 0 Å². The molecule has 0 aromatic heterocycles. The molecule has 0 unspecified atom stereocenters. The van der Waals surface area contributed by atoms with E-state index < -0.39 is 0 Å². The van der Waals surface area contributed by atoms with Crippen LogP contribution in [0, 0.1) is 0 Å². The van der Waals surface area contributed by atoms with E-state index in [2.05, 4.69) is 231 Å². The Bertz CT molecular complexity index is 3070. The summed E-state index contributed by atoms with van der Waals surface area (Å²) in [5.74, 6) is 1.60. The van der Waals surface area contributed by atoms with Gasteiger partial charge in [0.25, 0.3) is 0 Å². The van der Waals surface area contributed by atoms with Crippen LogP contribution in [0.15, 0.2) is 212 Å². The lowest BCUT2D eigenvalue weighted by atomic mass is 9.82. The van der Waals surface area contributed by atoms with Gasteiger partial charge in [0.2, 0.25) is 0 Å². The van der Waals surface area contributed by atoms with Crippen molar-refractivity contribution < 1.29 is 4.74 Å². The number of ether oxygens (including phenoxy) is 1. The summed E-state index contributed by atoms with van der Waals surface area (Å²) in [7, 11) is 0. The first kappa shape index (κ1) is 34.8. The van der Waals surface area contributed by atoms with Crippen LogP contribution < -0.4 is 9.64 Å². The van der Waals surface area contributed by atoms with Gasteiger partial charge in [0, 0.05) is 39.5 Å². The predicted octanol–water partition coefficient (Wildman–Crippen LogP) is 15.9. The van der Waals surface area contributed by atoms with Crippen molar-refractivity contribution >= 4 is 17.1 Å². The Morgan fingerprint density at radius 2 is 0.746 bits per heavy atom. The molecule has 1 aliphatic heterocycles. The van der Waals surface area contributed by atoms with Crippen LogP contribution in [0.1, 0.15) is 25.0 Å². The number of nitrogens with zero attached hydrogens (tertiary/aromatic N) is 1. The van der Waals surface area contributed by atoms with Crippen LogP contribution >= 0.6 is 0 Å². The van der Waals surface area contributed by atoms with Crippen LogP contribution in [0.4, 0.5) is 17.1 Å². The molecule has 0 atom stereocenters. The van der Waals surface area contributed by atoms with Crippen molar-refractivity contribution in [2.45, 2.75) is 19.3 Å². The highest BCUT2D eigenvalue weighted by molar-refractivity contribution is 5.99. The standard InChI is InChI=1S/C57H41NO/c1-57(2)52-29-15-12-27-48(52)49-34-32-39(36-53(49)57)58(54-30-16-13-20-41(54)38-18-4-3-5-19-38)40-33-35-51-47-26-11-9-24-45(47)43-22-7-6-21-42(43)44-23-8-10-25-46(44)50-28-14-17-31-55(50)59-56(51)37-40/h3-37H,1-2H3. The molecular weight excluding hydrogens is 715 g/mol. The number of para-hydroxylation sites is 2. The van der Waals surface area contributed by atoms with Crippen molar-refractivity contribution in [2.24, 2.45) is 0 Å². The van der Waals surface area contributed by atoms with Gasteiger partial charge in [0.05, 0.1) is 5.69 Å². The predicted molar refractivity (Wildman–Crippen MR) is 246 cm³/mol. The molecule has 2 aliphatic rings. The van der Waals surface area contributed by atoms with E-state index >= 15 is 0 Å². The van der Waals surface area contributed by atoms with E-state index in [4.69, 9.17) is 4.74 Å². The maximum Gasteiger partial charge on any atom is 0.137 e. The molecule has 0 N–H and O–H groups in total. The van der Waals surface area contributed by atoms with Gasteiger partial charge in [-0.05, 0) is 97.6 Å². The van der Waals surface area contributed by atoms with Gasteiger partial charge in [-0.3, -0.25) is 0 Å². The molecule has 0 fully saturated rings. The molecule has 9 aromatic carbocycles. The third kappa shape index (κ3) is 5.71. The fourth-order valence-electron chi connectivity index (χ4n) is 9.50. The lowest BCUT2D eigenvalue weighted by molar-refractivity contribution is 0.486. The molecule has 1 heterocycles. The van der Waals surface area contributed by atoms with Crippen LogP contribution in [-0.4, -0.2) is 0 Å². The second-order valence-corrected chi connectivity index (χ2v) is 16.0. The normalized spacial score (nSPS) is 12.8. The van der Waals surface area contributed by atoms with Gasteiger partial charge in [0.1, 0.15) is 11.5 Å². The molecule has 1 aliphatic carbocycles. The fourth-order valence-corrected chi connectivity index (χ4v) is 9.50. The molecule has 2 nitrogen and oxygen atoms in total. The number of rotatable bonds is 4. The summed E-state index contributed by atoms with van der Waals surface area (Å²) < 4.78 is 7.29. The molecule has 0 radical (unpaired) electrons. The molecule has 0 saturated carbocycles. The van der Waals surface area contributed by atoms with E-state index in [9.17, 15) is 0 Å². The van der Waals surface area contributed by atoms with Crippen molar-refractivity contribution in [1.82, 2.24) is 0 Å². The third-order valence-corrected chi connectivity index (χ3v) is 12.3. The van der Waals surface area contributed by atoms with E-state index in [-0.39, 0.29) is 5.41 Å². The molecule has 0 amide bonds. The molecule has 0 spiro atoms. The second-order valence-electron chi connectivity index (χ2n) is 16.0. The monoisotopic (exact) mass is 755 g/mol. The summed E-state index contributed by atoms with van der Waals surface area (Å²) in [6.07, 6.45) is 0. The summed E-state index contributed by atoms with van der Waals surface area (Å²) >= 11 is 0. The zero-order valence-corrected chi connectivity index (χ0v) is 33.1. The fraction of sp³-hybridized carbons (Fsp3) is 0.0526. The van der Waals surface area contributed by atoms with Gasteiger partial charge in [-0.1, -0.05) is 184 Å². The number of anilines is 3. The SMILES string of the molecule is CC1(C)c2ccccc2-c2ccc(N(c3ccc4c(c3)Oc3ccccc3-c3ccccc3-c3ccccc3-c3ccccc3-4)c3ccccc3-c3ccccc3)cc21. The van der Waals surface area contributed by atoms with Crippen LogP contribution in [0.2, 0.25) is 0 Å². The second kappa shape index (κ2) is 13.9. The topological polar surface area (TPSA) is 12.5 Å². The van der Waals surface area contributed by atoms with E-state index in [1.807, 2.05) is 0 Å². The van der Waals surface area contributed by atoms with Gasteiger partial charge in [0.15, 0.2) is 0 Å². The number of hydrogen-bond acceptors (Lipinski definition) is 2. The maximum atomic E-state index is 7.29. The lowest BCUT2D eigenvalue weighted by Crippen LogP contribution is -2.17. The molecule has 0 saturated heterocycles. The molecule has 0 bridgehead atoms. The molecular formula is C57H41NO. The van der Waals surface area contributed by atoms with Crippen LogP contribution in [-0.2, 0) is 5.41 Å². The average molecular weight is 756 g/mol. The minimum Gasteiger partial charge on any atom is -0.456 e. The van der Waals surface area contributed by atoms with Crippen LogP contribution in [0.5, 0.6) is 11.5 Å². The molecule has 280 valence electrons. The molecule has 2 heteroatoms. The van der Waals surface area contributed by atoms with Crippen LogP contribution in [0.25, 0.3) is 66.8 Å². The average Bonchev–Trinajstić information content (AvgIpc) is 3.51. The number of hydrogen-bond donors (Lipinski definition) is 0. The van der Waals surface area contributed by atoms with E-state index in [0.29, 0.717) is 0 Å². The Balaban J connectivity index is 1.18. The van der Waals surface area contributed by atoms with Crippen molar-refractivity contribution in [3.8, 4) is 78.3 Å². The van der Waals surface area contributed by atoms with Gasteiger partial charge in [-0.2, -0.15) is 0 Å². The van der Waals surface area contributed by atoms with E-state index in [1.54, 1.807) is 0 Å². The third-order valence-electron chi connectivity index (χ3n) is 12.3. The van der Waals surface area contributed by atoms with Crippen LogP contribution in [0.3, 0.4) is 0 Å². The van der Waals surface area contributed by atoms with E-state index in [1.165, 1.54) is 38.9 Å². The Kier molecular flexibility index (Phi) is 8.20. The summed E-state index contributed by atoms with van der Waals surface area (Å²) in [4.78, 5) is 2.42. The summed E-state index contributed by atoms with van der Waals surface area (Å²) in [5, 5.41) is 0. The van der Waals surface area contributed by atoms with Crippen molar-refractivity contribution in [2.75, 3.05) is 4.90 Å². The molecule has 9 aromatic rings. The zero-order chi connectivity index (χ0) is 39.5. The Morgan fingerprint density at radius 1 is 0.322 bits per heavy atom. The maximum absolute atomic E-state index is 7.29. The van der Waals surface area contributed by atoms with Gasteiger partial charge < -0.3 is 9.64 Å². The largest absolute Gasteiger partial charge is 0.456 e. The van der Waals surface area contributed by atoms with Gasteiger partial charge >= 0.3 is 0 Å². The number of fused-ring (bicyclic) bond motifs is 12. The summed E-state index contributed by atoms with van der Waals surface area (Å²) in [6, 6.07) is 76.7. The summed E-state index contributed by atoms with van der Waals surface area (Å²) in [5.41, 5.74) is 19.7. The lowest BCUT2D eigenvalue weighted by Gasteiger charge is -2.30. The Morgan fingerprint density at radius 3 is 1.37 bits per heavy atom. The highest BCUT2D eigenvalue weighted by Gasteiger charge is 2.36. The smallest absolute Gasteiger partial charge is 0.137 e. The number of benzene rings is 9. The zero-order valence-electron chi connectivity index (χ0n) is 33.1. The van der Waals surface area contributed by atoms with Gasteiger partial charge in [-0.25, -0.2) is 0 Å². The minimum absolute atomic E-state index is 0.156. The highest BCUT2D eigenvalue weighted by atomic mass is 16.5. The highest BCUT2D eigenvalue weighted by Crippen LogP contribution is 2.53. The summed E-state index contributed by atoms with van der Waals surface area (Å²) in [6.45, 7) is 4.70. The van der Waals surface area contributed by atoms with Crippen molar-refractivity contribution in [3.05, 3.63) is 223 Å². The molecule has 11 rings (SSSR count). The first-order valence-corrected chi connectivity index (χ1v) is 20.4. The minimum atomic E-state index is -0.156. The Hall–Kier alpha value is -7.42. The van der Waals surface area contributed by atoms with Crippen molar-refractivity contribution in [3.63, 3.8) is 0 Å². The first-order valence-electron chi connectivity index (χ1n) is 20.4. The quantitative estimate of drug-likeness (QED) is 0.177. The Labute approximate surface area is 346 Å².